The number of nitrogens with zero attached hydrogens (tertiary/aromatic N) is 1. The van der Waals surface area contributed by atoms with Crippen LogP contribution in [0, 0.1) is 13.8 Å². The van der Waals surface area contributed by atoms with Crippen LogP contribution in [0.5, 0.6) is 0 Å². The number of hydrogen-bond donors (Lipinski definition) is 2. The first kappa shape index (κ1) is 15.1. The summed E-state index contributed by atoms with van der Waals surface area (Å²) < 4.78 is 27.1. The highest BCUT2D eigenvalue weighted by Gasteiger charge is 2.17. The summed E-state index contributed by atoms with van der Waals surface area (Å²) in [6.45, 7) is 3.57. The number of aryl methyl sites for hydroxylation is 2. The third-order valence-corrected chi connectivity index (χ3v) is 5.20. The van der Waals surface area contributed by atoms with Crippen LogP contribution < -0.4 is 4.72 Å². The van der Waals surface area contributed by atoms with E-state index in [1.807, 2.05) is 12.3 Å². The molecule has 0 unspecified atom stereocenters. The molecule has 1 heterocycles. The highest BCUT2D eigenvalue weighted by molar-refractivity contribution is 7.89. The van der Waals surface area contributed by atoms with E-state index in [-0.39, 0.29) is 18.0 Å². The molecule has 0 atom stereocenters. The standard InChI is InChI=1S/C13H16N2O3S2/c1-9-3-4-11(7-16)5-13(9)20(17,18)14-6-12-8-19-10(2)15-12/h3-5,8,14,16H,6-7H2,1-2H3. The lowest BCUT2D eigenvalue weighted by molar-refractivity contribution is 0.281. The number of aliphatic hydroxyl groups is 1. The van der Waals surface area contributed by atoms with Crippen molar-refractivity contribution in [2.75, 3.05) is 0 Å². The van der Waals surface area contributed by atoms with Crippen LogP contribution in [-0.2, 0) is 23.2 Å². The van der Waals surface area contributed by atoms with Crippen LogP contribution in [0.3, 0.4) is 0 Å². The Bertz CT molecular complexity index is 708. The van der Waals surface area contributed by atoms with Crippen molar-refractivity contribution < 1.29 is 13.5 Å². The van der Waals surface area contributed by atoms with Gasteiger partial charge in [-0.05, 0) is 31.0 Å². The van der Waals surface area contributed by atoms with Gasteiger partial charge in [-0.3, -0.25) is 0 Å². The molecule has 7 heteroatoms. The molecule has 0 saturated carbocycles. The molecular formula is C13H16N2O3S2. The maximum absolute atomic E-state index is 12.3. The van der Waals surface area contributed by atoms with Gasteiger partial charge in [0, 0.05) is 5.38 Å². The maximum Gasteiger partial charge on any atom is 0.241 e. The van der Waals surface area contributed by atoms with Gasteiger partial charge in [0.15, 0.2) is 0 Å². The summed E-state index contributed by atoms with van der Waals surface area (Å²) in [6, 6.07) is 4.88. The van der Waals surface area contributed by atoms with Crippen molar-refractivity contribution in [2.45, 2.75) is 31.9 Å². The van der Waals surface area contributed by atoms with E-state index in [4.69, 9.17) is 5.11 Å². The van der Waals surface area contributed by atoms with Crippen LogP contribution in [0.15, 0.2) is 28.5 Å². The molecule has 20 heavy (non-hydrogen) atoms. The van der Waals surface area contributed by atoms with Gasteiger partial charge in [0.05, 0.1) is 28.7 Å². The Kier molecular flexibility index (Phi) is 4.54. The number of sulfonamides is 1. The van der Waals surface area contributed by atoms with Gasteiger partial charge in [-0.15, -0.1) is 11.3 Å². The summed E-state index contributed by atoms with van der Waals surface area (Å²) >= 11 is 1.48. The first-order valence-electron chi connectivity index (χ1n) is 6.03. The Labute approximate surface area is 122 Å². The van der Waals surface area contributed by atoms with E-state index in [0.29, 0.717) is 16.8 Å². The smallest absolute Gasteiger partial charge is 0.241 e. The van der Waals surface area contributed by atoms with Crippen molar-refractivity contribution in [3.8, 4) is 0 Å². The van der Waals surface area contributed by atoms with E-state index in [9.17, 15) is 8.42 Å². The summed E-state index contributed by atoms with van der Waals surface area (Å²) in [6.07, 6.45) is 0. The number of hydrogen-bond acceptors (Lipinski definition) is 5. The summed E-state index contributed by atoms with van der Waals surface area (Å²) in [5, 5.41) is 11.8. The second-order valence-electron chi connectivity index (χ2n) is 4.44. The summed E-state index contributed by atoms with van der Waals surface area (Å²) in [7, 11) is -3.61. The normalized spacial score (nSPS) is 11.8. The van der Waals surface area contributed by atoms with E-state index < -0.39 is 10.0 Å². The molecule has 2 rings (SSSR count). The van der Waals surface area contributed by atoms with Gasteiger partial charge in [-0.25, -0.2) is 18.1 Å². The van der Waals surface area contributed by atoms with Crippen LogP contribution >= 0.6 is 11.3 Å². The molecule has 0 spiro atoms. The van der Waals surface area contributed by atoms with Crippen molar-refractivity contribution in [1.82, 2.24) is 9.71 Å². The van der Waals surface area contributed by atoms with Crippen LogP contribution in [0.25, 0.3) is 0 Å². The van der Waals surface area contributed by atoms with E-state index >= 15 is 0 Å². The summed E-state index contributed by atoms with van der Waals surface area (Å²) in [4.78, 5) is 4.41. The van der Waals surface area contributed by atoms with Crippen molar-refractivity contribution in [3.05, 3.63) is 45.4 Å². The van der Waals surface area contributed by atoms with E-state index in [1.165, 1.54) is 17.4 Å². The second-order valence-corrected chi connectivity index (χ2v) is 7.24. The third kappa shape index (κ3) is 3.43. The molecular weight excluding hydrogens is 296 g/mol. The lowest BCUT2D eigenvalue weighted by Gasteiger charge is -2.09. The fraction of sp³-hybridized carbons (Fsp3) is 0.308. The molecule has 0 aliphatic carbocycles. The Morgan fingerprint density at radius 3 is 2.70 bits per heavy atom. The number of nitrogens with one attached hydrogen (secondary N) is 1. The molecule has 108 valence electrons. The number of benzene rings is 1. The number of aliphatic hydroxyl groups excluding tert-OH is 1. The molecule has 0 fully saturated rings. The molecule has 0 bridgehead atoms. The molecule has 0 saturated heterocycles. The maximum atomic E-state index is 12.3. The van der Waals surface area contributed by atoms with Crippen LogP contribution in [0.1, 0.15) is 21.8 Å². The van der Waals surface area contributed by atoms with Crippen molar-refractivity contribution >= 4 is 21.4 Å². The molecule has 5 nitrogen and oxygen atoms in total. The number of thiazole rings is 1. The average molecular weight is 312 g/mol. The fourth-order valence-electron chi connectivity index (χ4n) is 1.77. The largest absolute Gasteiger partial charge is 0.392 e. The lowest BCUT2D eigenvalue weighted by atomic mass is 10.2. The van der Waals surface area contributed by atoms with Gasteiger partial charge in [-0.1, -0.05) is 12.1 Å². The number of rotatable bonds is 5. The molecule has 1 aromatic heterocycles. The first-order chi connectivity index (χ1) is 9.42. The molecule has 0 aliphatic heterocycles. The fourth-order valence-corrected chi connectivity index (χ4v) is 3.67. The van der Waals surface area contributed by atoms with E-state index in [2.05, 4.69) is 9.71 Å². The first-order valence-corrected chi connectivity index (χ1v) is 8.40. The van der Waals surface area contributed by atoms with Gasteiger partial charge in [0.1, 0.15) is 0 Å². The predicted octanol–water partition coefficient (Wildman–Crippen LogP) is 1.73. The zero-order valence-corrected chi connectivity index (χ0v) is 12.9. The highest BCUT2D eigenvalue weighted by Crippen LogP contribution is 2.18. The second kappa shape index (κ2) is 6.01. The summed E-state index contributed by atoms with van der Waals surface area (Å²) in [5.41, 5.74) is 1.91. The van der Waals surface area contributed by atoms with Gasteiger partial charge in [0.2, 0.25) is 10.0 Å². The minimum Gasteiger partial charge on any atom is -0.392 e. The SMILES string of the molecule is Cc1nc(CNS(=O)(=O)c2cc(CO)ccc2C)cs1. The molecule has 0 radical (unpaired) electrons. The quantitative estimate of drug-likeness (QED) is 0.881. The topological polar surface area (TPSA) is 79.3 Å². The van der Waals surface area contributed by atoms with Crippen LogP contribution in [0.4, 0.5) is 0 Å². The molecule has 2 N–H and O–H groups in total. The van der Waals surface area contributed by atoms with E-state index in [0.717, 1.165) is 5.01 Å². The molecule has 0 aliphatic rings. The summed E-state index contributed by atoms with van der Waals surface area (Å²) in [5.74, 6) is 0. The molecule has 2 aromatic rings. The molecule has 0 amide bonds. The highest BCUT2D eigenvalue weighted by atomic mass is 32.2. The molecule has 1 aromatic carbocycles. The predicted molar refractivity (Wildman–Crippen MR) is 78.0 cm³/mol. The van der Waals surface area contributed by atoms with Gasteiger partial charge in [-0.2, -0.15) is 0 Å². The van der Waals surface area contributed by atoms with Crippen LogP contribution in [0.2, 0.25) is 0 Å². The monoisotopic (exact) mass is 312 g/mol. The zero-order chi connectivity index (χ0) is 14.8. The average Bonchev–Trinajstić information content (AvgIpc) is 2.83. The third-order valence-electron chi connectivity index (χ3n) is 2.83. The Balaban J connectivity index is 2.21. The minimum atomic E-state index is -3.61. The van der Waals surface area contributed by atoms with Crippen LogP contribution in [-0.4, -0.2) is 18.5 Å². The Morgan fingerprint density at radius 1 is 1.35 bits per heavy atom. The Hall–Kier alpha value is -1.28. The zero-order valence-electron chi connectivity index (χ0n) is 11.3. The minimum absolute atomic E-state index is 0.162. The number of aromatic nitrogens is 1. The van der Waals surface area contributed by atoms with Crippen molar-refractivity contribution in [1.29, 1.82) is 0 Å². The van der Waals surface area contributed by atoms with Gasteiger partial charge >= 0.3 is 0 Å². The van der Waals surface area contributed by atoms with Crippen molar-refractivity contribution in [3.63, 3.8) is 0 Å². The lowest BCUT2D eigenvalue weighted by Crippen LogP contribution is -2.24. The Morgan fingerprint density at radius 2 is 2.10 bits per heavy atom. The van der Waals surface area contributed by atoms with Gasteiger partial charge < -0.3 is 5.11 Å². The van der Waals surface area contributed by atoms with E-state index in [1.54, 1.807) is 19.1 Å². The van der Waals surface area contributed by atoms with Gasteiger partial charge in [0.25, 0.3) is 0 Å². The van der Waals surface area contributed by atoms with Crippen molar-refractivity contribution in [2.24, 2.45) is 0 Å².